The third-order valence-electron chi connectivity index (χ3n) is 3.88. The van der Waals surface area contributed by atoms with Crippen LogP contribution in [0.1, 0.15) is 30.3 Å². The lowest BCUT2D eigenvalue weighted by atomic mass is 10.2. The Morgan fingerprint density at radius 3 is 3.04 bits per heavy atom. The van der Waals surface area contributed by atoms with Gasteiger partial charge in [-0.05, 0) is 18.6 Å². The molecule has 1 fully saturated rings. The van der Waals surface area contributed by atoms with Gasteiger partial charge in [-0.2, -0.15) is 0 Å². The number of aryl methyl sites for hydroxylation is 1. The number of hydrogen-bond acceptors (Lipinski definition) is 6. The molecule has 3 heterocycles. The fourth-order valence-electron chi connectivity index (χ4n) is 2.45. The molecular weight excluding hydrogens is 328 g/mol. The number of nitrogens with one attached hydrogen (secondary N) is 1. The van der Waals surface area contributed by atoms with Crippen LogP contribution >= 0.6 is 11.6 Å². The maximum atomic E-state index is 6.17. The zero-order valence-corrected chi connectivity index (χ0v) is 14.6. The predicted octanol–water partition coefficient (Wildman–Crippen LogP) is 3.18. The fraction of sp³-hybridized carbons (Fsp3) is 0.471. The Morgan fingerprint density at radius 2 is 2.29 bits per heavy atom. The second kappa shape index (κ2) is 7.77. The summed E-state index contributed by atoms with van der Waals surface area (Å²) in [7, 11) is 0. The van der Waals surface area contributed by atoms with E-state index in [9.17, 15) is 0 Å². The van der Waals surface area contributed by atoms with Crippen molar-refractivity contribution in [2.24, 2.45) is 0 Å². The summed E-state index contributed by atoms with van der Waals surface area (Å²) >= 11 is 6.17. The second-order valence-electron chi connectivity index (χ2n) is 5.72. The molecule has 6 nitrogen and oxygen atoms in total. The molecular formula is C17H21ClN4O2. The maximum Gasteiger partial charge on any atom is 0.213 e. The first-order chi connectivity index (χ1) is 11.7. The van der Waals surface area contributed by atoms with Crippen LogP contribution in [0.2, 0.25) is 5.15 Å². The summed E-state index contributed by atoms with van der Waals surface area (Å²) in [4.78, 5) is 13.0. The molecule has 128 valence electrons. The summed E-state index contributed by atoms with van der Waals surface area (Å²) in [5.74, 6) is 2.11. The van der Waals surface area contributed by atoms with Crippen molar-refractivity contribution in [2.75, 3.05) is 18.5 Å². The quantitative estimate of drug-likeness (QED) is 0.808. The van der Waals surface area contributed by atoms with Gasteiger partial charge in [-0.15, -0.1) is 0 Å². The second-order valence-corrected chi connectivity index (χ2v) is 6.08. The van der Waals surface area contributed by atoms with Gasteiger partial charge < -0.3 is 14.8 Å². The highest BCUT2D eigenvalue weighted by Crippen LogP contribution is 2.21. The number of nitrogens with zero attached hydrogens (tertiary/aromatic N) is 3. The van der Waals surface area contributed by atoms with Gasteiger partial charge in [0.05, 0.1) is 13.2 Å². The number of rotatable bonds is 6. The molecule has 7 heteroatoms. The van der Waals surface area contributed by atoms with E-state index in [1.54, 1.807) is 6.20 Å². The van der Waals surface area contributed by atoms with Crippen LogP contribution in [0.4, 0.5) is 5.82 Å². The van der Waals surface area contributed by atoms with Gasteiger partial charge in [0.1, 0.15) is 22.9 Å². The lowest BCUT2D eigenvalue weighted by molar-refractivity contribution is 0.138. The molecule has 0 radical (unpaired) electrons. The first kappa shape index (κ1) is 16.9. The van der Waals surface area contributed by atoms with E-state index in [-0.39, 0.29) is 6.10 Å². The molecule has 1 atom stereocenters. The van der Waals surface area contributed by atoms with Crippen molar-refractivity contribution in [3.8, 4) is 5.88 Å². The van der Waals surface area contributed by atoms with Crippen molar-refractivity contribution in [1.82, 2.24) is 15.0 Å². The molecule has 1 aliphatic rings. The molecule has 1 saturated heterocycles. The minimum Gasteiger partial charge on any atom is -0.472 e. The Bertz CT molecular complexity index is 705. The molecule has 0 aromatic carbocycles. The molecule has 0 amide bonds. The van der Waals surface area contributed by atoms with Gasteiger partial charge in [0, 0.05) is 37.2 Å². The van der Waals surface area contributed by atoms with Gasteiger partial charge in [-0.1, -0.05) is 18.5 Å². The van der Waals surface area contributed by atoms with E-state index >= 15 is 0 Å². The molecule has 2 aromatic rings. The van der Waals surface area contributed by atoms with Crippen LogP contribution < -0.4 is 10.1 Å². The molecule has 3 rings (SSSR count). The van der Waals surface area contributed by atoms with Crippen molar-refractivity contribution >= 4 is 17.4 Å². The number of pyridine rings is 1. The first-order valence-electron chi connectivity index (χ1n) is 8.12. The molecule has 1 aliphatic heterocycles. The number of ether oxygens (including phenoxy) is 2. The van der Waals surface area contributed by atoms with Crippen molar-refractivity contribution in [3.63, 3.8) is 0 Å². The monoisotopic (exact) mass is 348 g/mol. The van der Waals surface area contributed by atoms with Crippen LogP contribution in [-0.2, 0) is 17.7 Å². The number of aromatic nitrogens is 3. The number of anilines is 1. The number of halogens is 1. The lowest BCUT2D eigenvalue weighted by Crippen LogP contribution is -2.16. The Labute approximate surface area is 146 Å². The molecule has 1 unspecified atom stereocenters. The Kier molecular flexibility index (Phi) is 5.48. The zero-order chi connectivity index (χ0) is 16.9. The topological polar surface area (TPSA) is 69.2 Å². The summed E-state index contributed by atoms with van der Waals surface area (Å²) < 4.78 is 11.2. The predicted molar refractivity (Wildman–Crippen MR) is 92.6 cm³/mol. The lowest BCUT2D eigenvalue weighted by Gasteiger charge is -2.13. The van der Waals surface area contributed by atoms with Gasteiger partial charge in [0.15, 0.2) is 0 Å². The minimum absolute atomic E-state index is 0.0933. The van der Waals surface area contributed by atoms with Crippen LogP contribution in [-0.4, -0.2) is 34.3 Å². The van der Waals surface area contributed by atoms with Gasteiger partial charge in [0.2, 0.25) is 5.88 Å². The average molecular weight is 349 g/mol. The summed E-state index contributed by atoms with van der Waals surface area (Å²) in [6, 6.07) is 3.88. The average Bonchev–Trinajstić information content (AvgIpc) is 3.09. The normalized spacial score (nSPS) is 17.0. The highest BCUT2D eigenvalue weighted by Gasteiger charge is 2.17. The van der Waals surface area contributed by atoms with Gasteiger partial charge in [-0.25, -0.2) is 15.0 Å². The van der Waals surface area contributed by atoms with Crippen LogP contribution in [0.25, 0.3) is 0 Å². The maximum absolute atomic E-state index is 6.17. The van der Waals surface area contributed by atoms with Crippen molar-refractivity contribution in [1.29, 1.82) is 0 Å². The molecule has 24 heavy (non-hydrogen) atoms. The largest absolute Gasteiger partial charge is 0.472 e. The molecule has 1 N–H and O–H groups in total. The van der Waals surface area contributed by atoms with Crippen LogP contribution in [0, 0.1) is 6.92 Å². The van der Waals surface area contributed by atoms with E-state index in [4.69, 9.17) is 21.1 Å². The van der Waals surface area contributed by atoms with Crippen molar-refractivity contribution in [2.45, 2.75) is 39.3 Å². The highest BCUT2D eigenvalue weighted by molar-refractivity contribution is 6.30. The third kappa shape index (κ3) is 4.13. The standard InChI is InChI=1S/C17H21ClN4O2/c1-3-14-21-16(18)11(2)17(22-14)20-9-12-4-6-19-15(8-12)24-13-5-7-23-10-13/h4,6,8,13H,3,5,7,9-10H2,1-2H3,(H,20,21,22). The first-order valence-corrected chi connectivity index (χ1v) is 8.49. The highest BCUT2D eigenvalue weighted by atomic mass is 35.5. The fourth-order valence-corrected chi connectivity index (χ4v) is 2.64. The van der Waals surface area contributed by atoms with Crippen LogP contribution in [0.15, 0.2) is 18.3 Å². The van der Waals surface area contributed by atoms with E-state index in [1.807, 2.05) is 26.0 Å². The van der Waals surface area contributed by atoms with E-state index in [0.29, 0.717) is 24.2 Å². The minimum atomic E-state index is 0.0933. The van der Waals surface area contributed by atoms with Gasteiger partial charge in [-0.3, -0.25) is 0 Å². The Balaban J connectivity index is 1.67. The summed E-state index contributed by atoms with van der Waals surface area (Å²) in [5, 5.41) is 3.81. The van der Waals surface area contributed by atoms with Gasteiger partial charge in [0.25, 0.3) is 0 Å². The van der Waals surface area contributed by atoms with E-state index in [0.717, 1.165) is 42.2 Å². The smallest absolute Gasteiger partial charge is 0.213 e. The molecule has 0 saturated carbocycles. The van der Waals surface area contributed by atoms with Crippen LogP contribution in [0.3, 0.4) is 0 Å². The molecule has 0 spiro atoms. The van der Waals surface area contributed by atoms with Crippen molar-refractivity contribution in [3.05, 3.63) is 40.4 Å². The van der Waals surface area contributed by atoms with Gasteiger partial charge >= 0.3 is 0 Å². The Hall–Kier alpha value is -1.92. The third-order valence-corrected chi connectivity index (χ3v) is 4.25. The van der Waals surface area contributed by atoms with E-state index < -0.39 is 0 Å². The molecule has 2 aromatic heterocycles. The number of hydrogen-bond donors (Lipinski definition) is 1. The Morgan fingerprint density at radius 1 is 1.42 bits per heavy atom. The van der Waals surface area contributed by atoms with E-state index in [1.165, 1.54) is 0 Å². The zero-order valence-electron chi connectivity index (χ0n) is 13.9. The summed E-state index contributed by atoms with van der Waals surface area (Å²) in [5.41, 5.74) is 1.91. The summed E-state index contributed by atoms with van der Waals surface area (Å²) in [6.45, 7) is 5.90. The van der Waals surface area contributed by atoms with E-state index in [2.05, 4.69) is 20.3 Å². The molecule has 0 aliphatic carbocycles. The summed E-state index contributed by atoms with van der Waals surface area (Å²) in [6.07, 6.45) is 3.49. The van der Waals surface area contributed by atoms with Crippen LogP contribution in [0.5, 0.6) is 5.88 Å². The molecule has 0 bridgehead atoms. The van der Waals surface area contributed by atoms with Crippen molar-refractivity contribution < 1.29 is 9.47 Å². The SMILES string of the molecule is CCc1nc(Cl)c(C)c(NCc2ccnc(OC3CCOC3)c2)n1.